The average Bonchev–Trinajstić information content (AvgIpc) is 3.48. The number of primary amides is 1. The molecule has 0 unspecified atom stereocenters. The van der Waals surface area contributed by atoms with Crippen LogP contribution in [0.3, 0.4) is 0 Å². The van der Waals surface area contributed by atoms with Crippen LogP contribution in [0.5, 0.6) is 0 Å². The molecule has 5 rings (SSSR count). The van der Waals surface area contributed by atoms with E-state index < -0.39 is 22.9 Å². The minimum atomic E-state index is -0.953. The number of hydrogen-bond acceptors (Lipinski definition) is 6. The van der Waals surface area contributed by atoms with Gasteiger partial charge in [0.2, 0.25) is 0 Å². The van der Waals surface area contributed by atoms with Crippen LogP contribution in [0.2, 0.25) is 0 Å². The smallest absolute Gasteiger partial charge is 0.283 e. The van der Waals surface area contributed by atoms with Gasteiger partial charge in [-0.3, -0.25) is 32.9 Å². The molecule has 0 spiro atoms. The van der Waals surface area contributed by atoms with Crippen LogP contribution < -0.4 is 21.8 Å². The first kappa shape index (κ1) is 23.8. The van der Waals surface area contributed by atoms with Crippen molar-refractivity contribution in [3.8, 4) is 0 Å². The summed E-state index contributed by atoms with van der Waals surface area (Å²) in [6, 6.07) is 11.0. The fourth-order valence-corrected chi connectivity index (χ4v) is 4.78. The van der Waals surface area contributed by atoms with Crippen LogP contribution in [-0.4, -0.2) is 30.6 Å². The van der Waals surface area contributed by atoms with E-state index in [9.17, 15) is 19.2 Å². The van der Waals surface area contributed by atoms with Crippen LogP contribution in [0, 0.1) is 13.8 Å². The maximum Gasteiger partial charge on any atom is 0.283 e. The molecule has 36 heavy (non-hydrogen) atoms. The second-order valence-corrected chi connectivity index (χ2v) is 9.93. The fourth-order valence-electron chi connectivity index (χ4n) is 4.08. The van der Waals surface area contributed by atoms with E-state index in [0.717, 1.165) is 41.5 Å². The first-order valence-corrected chi connectivity index (χ1v) is 12.1. The molecule has 3 aromatic heterocycles. The molecule has 0 aliphatic carbocycles. The largest absolute Gasteiger partial charge is 0.364 e. The molecule has 0 aliphatic heterocycles. The van der Waals surface area contributed by atoms with Crippen molar-refractivity contribution in [2.45, 2.75) is 13.8 Å². The zero-order chi connectivity index (χ0) is 25.9. The Labute approximate surface area is 219 Å². The number of carbonyl (C=O) groups excluding carboxylic acids is 2. The van der Waals surface area contributed by atoms with E-state index >= 15 is 0 Å². The molecule has 0 saturated heterocycles. The molecule has 180 valence electrons. The van der Waals surface area contributed by atoms with Crippen molar-refractivity contribution >= 4 is 66.1 Å². The molecule has 0 radical (unpaired) electrons. The summed E-state index contributed by atoms with van der Waals surface area (Å²) in [6.07, 6.45) is 2.12. The van der Waals surface area contributed by atoms with Crippen LogP contribution >= 0.6 is 31.9 Å². The fraction of sp³-hybridized carbons (Fsp3) is 0.0833. The monoisotopic (exact) mass is 610 g/mol. The number of rotatable bonds is 4. The first-order chi connectivity index (χ1) is 17.1. The number of nitrogens with two attached hydrogens (primary N) is 1. The van der Waals surface area contributed by atoms with Crippen molar-refractivity contribution in [1.82, 2.24) is 18.8 Å². The number of halogens is 2. The summed E-state index contributed by atoms with van der Waals surface area (Å²) in [7, 11) is 0. The van der Waals surface area contributed by atoms with Crippen molar-refractivity contribution in [1.29, 1.82) is 0 Å². The molecule has 2 N–H and O–H groups in total. The van der Waals surface area contributed by atoms with Crippen molar-refractivity contribution in [2.75, 3.05) is 4.90 Å². The minimum absolute atomic E-state index is 0.230. The van der Waals surface area contributed by atoms with Gasteiger partial charge in [0.1, 0.15) is 23.7 Å². The van der Waals surface area contributed by atoms with Gasteiger partial charge >= 0.3 is 0 Å². The molecule has 0 bridgehead atoms. The molecule has 0 aliphatic rings. The number of aryl methyl sites for hydroxylation is 2. The van der Waals surface area contributed by atoms with Crippen molar-refractivity contribution in [3.63, 3.8) is 0 Å². The summed E-state index contributed by atoms with van der Waals surface area (Å²) in [5.74, 6) is -1.57. The highest BCUT2D eigenvalue weighted by Crippen LogP contribution is 2.36. The lowest BCUT2D eigenvalue weighted by atomic mass is 10.1. The number of fused-ring (bicyclic) bond motifs is 2. The summed E-state index contributed by atoms with van der Waals surface area (Å²) < 4.78 is 3.34. The van der Waals surface area contributed by atoms with Gasteiger partial charge in [0, 0.05) is 8.95 Å². The van der Waals surface area contributed by atoms with Crippen molar-refractivity contribution < 1.29 is 9.59 Å². The molecule has 12 heteroatoms. The summed E-state index contributed by atoms with van der Waals surface area (Å²) in [4.78, 5) is 61.8. The summed E-state index contributed by atoms with van der Waals surface area (Å²) in [5.41, 5.74) is 5.46. The van der Waals surface area contributed by atoms with E-state index in [2.05, 4.69) is 41.8 Å². The van der Waals surface area contributed by atoms with Gasteiger partial charge in [-0.25, -0.2) is 9.97 Å². The van der Waals surface area contributed by atoms with E-state index in [-0.39, 0.29) is 22.4 Å². The average molecular weight is 612 g/mol. The summed E-state index contributed by atoms with van der Waals surface area (Å²) in [5, 5.41) is 0. The SMILES string of the molecule is Cc1ccc(Br)cc1N(C(=O)c1ncn2c(=O)c3c(C(N)=O)ncn3c(=O)c12)c1cc(Br)ccc1C. The van der Waals surface area contributed by atoms with Crippen LogP contribution in [0.4, 0.5) is 11.4 Å². The summed E-state index contributed by atoms with van der Waals surface area (Å²) in [6.45, 7) is 3.71. The third kappa shape index (κ3) is 3.60. The number of aromatic nitrogens is 4. The lowest BCUT2D eigenvalue weighted by Crippen LogP contribution is -2.31. The molecular weight excluding hydrogens is 596 g/mol. The van der Waals surface area contributed by atoms with Gasteiger partial charge in [0.25, 0.3) is 22.9 Å². The molecule has 2 aromatic carbocycles. The maximum atomic E-state index is 14.1. The number of imidazole rings is 2. The molecule has 0 fully saturated rings. The predicted octanol–water partition coefficient (Wildman–Crippen LogP) is 3.36. The van der Waals surface area contributed by atoms with E-state index in [1.807, 2.05) is 38.1 Å². The van der Waals surface area contributed by atoms with Gasteiger partial charge in [-0.1, -0.05) is 44.0 Å². The number of carbonyl (C=O) groups is 2. The standard InChI is InChI=1S/C24H16Br2N6O4/c1-11-3-5-13(25)7-15(11)32(16-8-14(26)6-4-12(16)2)22(34)18-20-24(36)30-9-28-17(21(27)33)19(30)23(35)31(20)10-29-18/h3-10H,1-2H3,(H2,27,33). The molecule has 3 heterocycles. The first-order valence-electron chi connectivity index (χ1n) is 10.5. The number of hydrogen-bond donors (Lipinski definition) is 1. The van der Waals surface area contributed by atoms with Gasteiger partial charge in [0.05, 0.1) is 11.4 Å². The molecule has 0 saturated carbocycles. The van der Waals surface area contributed by atoms with Crippen LogP contribution in [0.15, 0.2) is 67.6 Å². The van der Waals surface area contributed by atoms with Gasteiger partial charge in [0.15, 0.2) is 11.4 Å². The van der Waals surface area contributed by atoms with E-state index in [4.69, 9.17) is 5.73 Å². The highest BCUT2D eigenvalue weighted by molar-refractivity contribution is 9.10. The Morgan fingerprint density at radius 1 is 0.806 bits per heavy atom. The molecule has 5 aromatic rings. The second-order valence-electron chi connectivity index (χ2n) is 8.10. The minimum Gasteiger partial charge on any atom is -0.364 e. The Kier molecular flexibility index (Phi) is 5.72. The zero-order valence-corrected chi connectivity index (χ0v) is 22.0. The van der Waals surface area contributed by atoms with Crippen molar-refractivity contribution in [3.05, 3.63) is 101 Å². The van der Waals surface area contributed by atoms with E-state index in [1.165, 1.54) is 4.90 Å². The lowest BCUT2D eigenvalue weighted by molar-refractivity contribution is 0.0988. The van der Waals surface area contributed by atoms with Gasteiger partial charge in [-0.2, -0.15) is 0 Å². The van der Waals surface area contributed by atoms with Crippen molar-refractivity contribution in [2.24, 2.45) is 5.73 Å². The van der Waals surface area contributed by atoms with Gasteiger partial charge in [-0.05, 0) is 49.2 Å². The number of amides is 2. The molecule has 2 amide bonds. The number of nitrogens with zero attached hydrogens (tertiary/aromatic N) is 5. The Balaban J connectivity index is 1.82. The van der Waals surface area contributed by atoms with Gasteiger partial charge < -0.3 is 5.73 Å². The van der Waals surface area contributed by atoms with E-state index in [0.29, 0.717) is 11.4 Å². The quantitative estimate of drug-likeness (QED) is 0.331. The van der Waals surface area contributed by atoms with Crippen LogP contribution in [0.1, 0.15) is 32.1 Å². The van der Waals surface area contributed by atoms with E-state index in [1.54, 1.807) is 12.1 Å². The second kappa shape index (κ2) is 8.64. The topological polar surface area (TPSA) is 132 Å². The molecule has 10 nitrogen and oxygen atoms in total. The highest BCUT2D eigenvalue weighted by Gasteiger charge is 2.30. The molecular formula is C24H16Br2N6O4. The number of benzene rings is 2. The normalized spacial score (nSPS) is 11.3. The highest BCUT2D eigenvalue weighted by atomic mass is 79.9. The van der Waals surface area contributed by atoms with Crippen LogP contribution in [0.25, 0.3) is 11.0 Å². The number of anilines is 2. The zero-order valence-electron chi connectivity index (χ0n) is 18.8. The Morgan fingerprint density at radius 2 is 1.25 bits per heavy atom. The third-order valence-corrected chi connectivity index (χ3v) is 6.83. The predicted molar refractivity (Wildman–Crippen MR) is 140 cm³/mol. The Morgan fingerprint density at radius 3 is 1.72 bits per heavy atom. The molecule has 0 atom stereocenters. The maximum absolute atomic E-state index is 14.1. The van der Waals surface area contributed by atoms with Crippen LogP contribution in [-0.2, 0) is 0 Å². The Hall–Kier alpha value is -3.90. The van der Waals surface area contributed by atoms with Gasteiger partial charge in [-0.15, -0.1) is 0 Å². The third-order valence-electron chi connectivity index (χ3n) is 5.84. The lowest BCUT2D eigenvalue weighted by Gasteiger charge is -2.26. The Bertz CT molecular complexity index is 1790. The summed E-state index contributed by atoms with van der Waals surface area (Å²) >= 11 is 6.93.